The summed E-state index contributed by atoms with van der Waals surface area (Å²) in [6, 6.07) is 11.6. The van der Waals surface area contributed by atoms with Gasteiger partial charge in [0, 0.05) is 9.75 Å². The molecule has 0 bridgehead atoms. The quantitative estimate of drug-likeness (QED) is 0.305. The Labute approximate surface area is 202 Å². The fourth-order valence-corrected chi connectivity index (χ4v) is 7.22. The van der Waals surface area contributed by atoms with E-state index >= 15 is 0 Å². The Morgan fingerprint density at radius 3 is 2.79 bits per heavy atom. The Kier molecular flexibility index (Phi) is 5.83. The number of carbonyl (C=O) groups is 1. The van der Waals surface area contributed by atoms with Gasteiger partial charge in [-0.1, -0.05) is 30.0 Å². The summed E-state index contributed by atoms with van der Waals surface area (Å²) in [7, 11) is 0. The lowest BCUT2D eigenvalue weighted by Gasteiger charge is -2.12. The van der Waals surface area contributed by atoms with Crippen LogP contribution in [0.4, 0.5) is 5.00 Å². The molecule has 6 nitrogen and oxygen atoms in total. The normalized spacial score (nSPS) is 12.6. The first-order chi connectivity index (χ1) is 16.0. The lowest BCUT2D eigenvalue weighted by Crippen LogP contribution is -2.22. The second-order valence-electron chi connectivity index (χ2n) is 7.84. The number of nitrogens with one attached hydrogen (secondary N) is 1. The molecular formula is C24H20N4O2S3. The highest BCUT2D eigenvalue weighted by Gasteiger charge is 2.24. The molecule has 0 aliphatic heterocycles. The Morgan fingerprint density at radius 1 is 1.24 bits per heavy atom. The van der Waals surface area contributed by atoms with Crippen molar-refractivity contribution in [2.75, 3.05) is 11.1 Å². The molecule has 0 radical (unpaired) electrons. The molecule has 1 amide bonds. The fourth-order valence-electron chi connectivity index (χ4n) is 4.08. The van der Waals surface area contributed by atoms with Crippen LogP contribution in [-0.2, 0) is 17.6 Å². The zero-order valence-corrected chi connectivity index (χ0v) is 20.5. The standard InChI is InChI=1S/C24H20N4O2S3/c1-13-14(2)32-22-20(13)23(30)28(15-7-4-3-5-8-15)24(27-22)31-12-19(29)26-21-17(11-25)16-9-6-10-18(16)33-21/h3-5,7-8H,6,9-10,12H2,1-2H3,(H,26,29). The molecule has 1 N–H and O–H groups in total. The molecule has 33 heavy (non-hydrogen) atoms. The number of carbonyl (C=O) groups excluding carboxylic acids is 1. The molecule has 4 aromatic rings. The Morgan fingerprint density at radius 2 is 2.03 bits per heavy atom. The first-order valence-electron chi connectivity index (χ1n) is 10.5. The summed E-state index contributed by atoms with van der Waals surface area (Å²) < 4.78 is 1.58. The van der Waals surface area contributed by atoms with E-state index in [2.05, 4.69) is 11.4 Å². The van der Waals surface area contributed by atoms with Crippen molar-refractivity contribution in [1.29, 1.82) is 5.26 Å². The SMILES string of the molecule is Cc1sc2nc(SCC(=O)Nc3sc4c(c3C#N)CCC4)n(-c3ccccc3)c(=O)c2c1C. The van der Waals surface area contributed by atoms with Gasteiger partial charge >= 0.3 is 0 Å². The minimum Gasteiger partial charge on any atom is -0.316 e. The second kappa shape index (κ2) is 8.78. The van der Waals surface area contributed by atoms with Crippen molar-refractivity contribution in [1.82, 2.24) is 9.55 Å². The van der Waals surface area contributed by atoms with Gasteiger partial charge in [0.1, 0.15) is 15.9 Å². The third-order valence-corrected chi connectivity index (χ3v) is 9.05. The van der Waals surface area contributed by atoms with Crippen LogP contribution in [0.15, 0.2) is 40.3 Å². The molecular weight excluding hydrogens is 472 g/mol. The number of anilines is 1. The summed E-state index contributed by atoms with van der Waals surface area (Å²) in [4.78, 5) is 34.0. The molecule has 166 valence electrons. The van der Waals surface area contributed by atoms with Crippen LogP contribution in [0.2, 0.25) is 0 Å². The van der Waals surface area contributed by atoms with Gasteiger partial charge in [0.15, 0.2) is 5.16 Å². The van der Waals surface area contributed by atoms with Crippen LogP contribution in [-0.4, -0.2) is 21.2 Å². The Hall–Kier alpha value is -2.93. The summed E-state index contributed by atoms with van der Waals surface area (Å²) in [5.41, 5.74) is 3.21. The van der Waals surface area contributed by atoms with Crippen molar-refractivity contribution in [3.8, 4) is 11.8 Å². The van der Waals surface area contributed by atoms with Gasteiger partial charge in [-0.3, -0.25) is 14.2 Å². The molecule has 0 atom stereocenters. The van der Waals surface area contributed by atoms with Gasteiger partial charge in [-0.05, 0) is 56.4 Å². The van der Waals surface area contributed by atoms with Crippen molar-refractivity contribution in [3.05, 3.63) is 67.1 Å². The molecule has 0 spiro atoms. The van der Waals surface area contributed by atoms with Crippen LogP contribution in [0.3, 0.4) is 0 Å². The number of hydrogen-bond donors (Lipinski definition) is 1. The first-order valence-corrected chi connectivity index (χ1v) is 13.1. The highest BCUT2D eigenvalue weighted by Crippen LogP contribution is 2.38. The Bertz CT molecular complexity index is 1490. The van der Waals surface area contributed by atoms with Crippen molar-refractivity contribution in [2.24, 2.45) is 0 Å². The number of benzene rings is 1. The topological polar surface area (TPSA) is 87.8 Å². The number of hydrogen-bond acceptors (Lipinski definition) is 7. The molecule has 1 aliphatic rings. The van der Waals surface area contributed by atoms with Crippen molar-refractivity contribution in [3.63, 3.8) is 0 Å². The highest BCUT2D eigenvalue weighted by atomic mass is 32.2. The van der Waals surface area contributed by atoms with Gasteiger partial charge in [-0.15, -0.1) is 22.7 Å². The predicted octanol–water partition coefficient (Wildman–Crippen LogP) is 5.22. The molecule has 1 aliphatic carbocycles. The average Bonchev–Trinajstić information content (AvgIpc) is 3.46. The number of thiophene rings is 2. The molecule has 0 saturated heterocycles. The number of aryl methyl sites for hydroxylation is 3. The number of nitriles is 1. The zero-order valence-electron chi connectivity index (χ0n) is 18.1. The van der Waals surface area contributed by atoms with E-state index in [0.717, 1.165) is 35.3 Å². The van der Waals surface area contributed by atoms with E-state index in [1.165, 1.54) is 39.3 Å². The number of nitrogens with zero attached hydrogens (tertiary/aromatic N) is 3. The van der Waals surface area contributed by atoms with Crippen LogP contribution in [0.5, 0.6) is 0 Å². The molecule has 1 aromatic carbocycles. The number of thioether (sulfide) groups is 1. The molecule has 3 aromatic heterocycles. The maximum atomic E-state index is 13.5. The van der Waals surface area contributed by atoms with Gasteiger partial charge in [0.2, 0.25) is 5.91 Å². The summed E-state index contributed by atoms with van der Waals surface area (Å²) in [5, 5.41) is 14.2. The van der Waals surface area contributed by atoms with E-state index in [1.54, 1.807) is 4.57 Å². The van der Waals surface area contributed by atoms with E-state index in [4.69, 9.17) is 4.98 Å². The summed E-state index contributed by atoms with van der Waals surface area (Å²) >= 11 is 4.22. The number of amides is 1. The van der Waals surface area contributed by atoms with E-state index in [-0.39, 0.29) is 17.2 Å². The minimum absolute atomic E-state index is 0.0849. The van der Waals surface area contributed by atoms with Crippen molar-refractivity contribution in [2.45, 2.75) is 38.3 Å². The zero-order chi connectivity index (χ0) is 23.1. The van der Waals surface area contributed by atoms with Crippen molar-refractivity contribution < 1.29 is 4.79 Å². The number of aromatic nitrogens is 2. The number of fused-ring (bicyclic) bond motifs is 2. The molecule has 3 heterocycles. The van der Waals surface area contributed by atoms with Crippen LogP contribution >= 0.6 is 34.4 Å². The lowest BCUT2D eigenvalue weighted by atomic mass is 10.1. The first kappa shape index (κ1) is 21.9. The smallest absolute Gasteiger partial charge is 0.267 e. The predicted molar refractivity (Wildman–Crippen MR) is 135 cm³/mol. The van der Waals surface area contributed by atoms with E-state index in [9.17, 15) is 14.9 Å². The summed E-state index contributed by atoms with van der Waals surface area (Å²) in [6.07, 6.45) is 2.92. The van der Waals surface area contributed by atoms with Gasteiger partial charge in [-0.25, -0.2) is 4.98 Å². The molecule has 5 rings (SSSR count). The largest absolute Gasteiger partial charge is 0.316 e. The molecule has 0 unspecified atom stereocenters. The van der Waals surface area contributed by atoms with E-state index < -0.39 is 0 Å². The van der Waals surface area contributed by atoms with E-state index in [0.29, 0.717) is 31.6 Å². The highest BCUT2D eigenvalue weighted by molar-refractivity contribution is 7.99. The van der Waals surface area contributed by atoms with Crippen LogP contribution in [0, 0.1) is 25.2 Å². The average molecular weight is 493 g/mol. The number of para-hydroxylation sites is 1. The molecule has 9 heteroatoms. The fraction of sp³-hybridized carbons (Fsp3) is 0.250. The molecule has 0 fully saturated rings. The maximum absolute atomic E-state index is 13.5. The summed E-state index contributed by atoms with van der Waals surface area (Å²) in [5.74, 6) is -0.134. The van der Waals surface area contributed by atoms with Gasteiger partial charge in [0.05, 0.1) is 22.4 Å². The minimum atomic E-state index is -0.219. The van der Waals surface area contributed by atoms with Crippen molar-refractivity contribution >= 4 is 55.6 Å². The monoisotopic (exact) mass is 492 g/mol. The molecule has 0 saturated carbocycles. The van der Waals surface area contributed by atoms with Gasteiger partial charge in [-0.2, -0.15) is 5.26 Å². The van der Waals surface area contributed by atoms with Gasteiger partial charge < -0.3 is 5.32 Å². The Balaban J connectivity index is 1.46. The third kappa shape index (κ3) is 3.88. The lowest BCUT2D eigenvalue weighted by molar-refractivity contribution is -0.113. The maximum Gasteiger partial charge on any atom is 0.267 e. The van der Waals surface area contributed by atoms with Crippen LogP contribution < -0.4 is 10.9 Å². The summed E-state index contributed by atoms with van der Waals surface area (Å²) in [6.45, 7) is 3.93. The van der Waals surface area contributed by atoms with Crippen LogP contribution in [0.1, 0.15) is 32.9 Å². The second-order valence-corrected chi connectivity index (χ2v) is 11.1. The van der Waals surface area contributed by atoms with E-state index in [1.807, 2.05) is 44.2 Å². The van der Waals surface area contributed by atoms with Crippen LogP contribution in [0.25, 0.3) is 15.9 Å². The van der Waals surface area contributed by atoms with Gasteiger partial charge in [0.25, 0.3) is 5.56 Å². The number of rotatable bonds is 5. The third-order valence-electron chi connectivity index (χ3n) is 5.80.